The molecule has 6 N–H and O–H groups in total. The summed E-state index contributed by atoms with van der Waals surface area (Å²) in [6.07, 6.45) is 3.92. The highest BCUT2D eigenvalue weighted by Gasteiger charge is 2.19. The molecule has 32 heavy (non-hydrogen) atoms. The second-order valence-corrected chi connectivity index (χ2v) is 8.24. The number of phenolic OH excluding ortho intramolecular Hbond substituents is 1. The highest BCUT2D eigenvalue weighted by molar-refractivity contribution is 6.04. The average molecular weight is 433 g/mol. The number of nitrogens with zero attached hydrogens (tertiary/aromatic N) is 1. The Morgan fingerprint density at radius 3 is 2.75 bits per heavy atom. The lowest BCUT2D eigenvalue weighted by atomic mass is 9.89. The van der Waals surface area contributed by atoms with Gasteiger partial charge in [-0.2, -0.15) is 0 Å². The van der Waals surface area contributed by atoms with Crippen molar-refractivity contribution in [2.75, 3.05) is 18.9 Å². The smallest absolute Gasteiger partial charge is 0.250 e. The van der Waals surface area contributed by atoms with Crippen LogP contribution >= 0.6 is 0 Å². The molecule has 166 valence electrons. The van der Waals surface area contributed by atoms with Gasteiger partial charge >= 0.3 is 0 Å². The summed E-state index contributed by atoms with van der Waals surface area (Å²) in [5.74, 6) is 0.0648. The van der Waals surface area contributed by atoms with Crippen LogP contribution in [0.15, 0.2) is 42.6 Å². The standard InChI is InChI=1S/C25H28N4O3/c1-14-5-6-21(30)15(2)23(14)19-10-17(11-20(24(19)26)25(27)31)16-7-9-29-22(12-16)32-13-18-4-3-8-28-18/h5-7,9-12,18,28,30H,3-4,8,13,26H2,1-2H3,(H2,27,31)/t18-/m0/s1. The van der Waals surface area contributed by atoms with Crippen LogP contribution < -0.4 is 21.5 Å². The number of hydrogen-bond acceptors (Lipinski definition) is 6. The first-order valence-electron chi connectivity index (χ1n) is 10.7. The Bertz CT molecular complexity index is 1170. The molecule has 2 aromatic carbocycles. The van der Waals surface area contributed by atoms with Gasteiger partial charge in [0.1, 0.15) is 12.4 Å². The van der Waals surface area contributed by atoms with Crippen molar-refractivity contribution in [3.8, 4) is 33.9 Å². The van der Waals surface area contributed by atoms with E-state index in [-0.39, 0.29) is 17.0 Å². The summed E-state index contributed by atoms with van der Waals surface area (Å²) < 4.78 is 5.90. The van der Waals surface area contributed by atoms with Gasteiger partial charge in [-0.05, 0) is 85.3 Å². The third kappa shape index (κ3) is 4.24. The van der Waals surface area contributed by atoms with Crippen molar-refractivity contribution >= 4 is 11.6 Å². The first-order valence-corrected chi connectivity index (χ1v) is 10.7. The van der Waals surface area contributed by atoms with Gasteiger partial charge in [0.2, 0.25) is 5.88 Å². The minimum Gasteiger partial charge on any atom is -0.508 e. The average Bonchev–Trinajstić information content (AvgIpc) is 3.30. The van der Waals surface area contributed by atoms with Crippen molar-refractivity contribution in [3.05, 3.63) is 59.3 Å². The zero-order chi connectivity index (χ0) is 22.8. The third-order valence-electron chi connectivity index (χ3n) is 6.02. The Hall–Kier alpha value is -3.58. The highest BCUT2D eigenvalue weighted by Crippen LogP contribution is 2.40. The van der Waals surface area contributed by atoms with Crippen LogP contribution in [0.4, 0.5) is 5.69 Å². The SMILES string of the molecule is Cc1ccc(O)c(C)c1-c1cc(-c2ccnc(OC[C@@H]3CCCN3)c2)cc(C(N)=O)c1N. The molecule has 3 aromatic rings. The number of carbonyl (C=O) groups excluding carboxylic acids is 1. The number of aromatic nitrogens is 1. The molecule has 7 heteroatoms. The lowest BCUT2D eigenvalue weighted by molar-refractivity contribution is 0.100. The number of primary amides is 1. The van der Waals surface area contributed by atoms with Crippen LogP contribution in [-0.2, 0) is 0 Å². The maximum Gasteiger partial charge on any atom is 0.250 e. The second-order valence-electron chi connectivity index (χ2n) is 8.24. The van der Waals surface area contributed by atoms with Crippen LogP contribution in [0.3, 0.4) is 0 Å². The molecule has 1 atom stereocenters. The lowest BCUT2D eigenvalue weighted by Gasteiger charge is -2.18. The summed E-state index contributed by atoms with van der Waals surface area (Å²) in [5, 5.41) is 13.7. The van der Waals surface area contributed by atoms with E-state index < -0.39 is 5.91 Å². The molecule has 0 unspecified atom stereocenters. The normalized spacial score (nSPS) is 15.6. The van der Waals surface area contributed by atoms with Gasteiger partial charge in [0.15, 0.2) is 0 Å². The summed E-state index contributed by atoms with van der Waals surface area (Å²) in [4.78, 5) is 16.5. The minimum atomic E-state index is -0.612. The van der Waals surface area contributed by atoms with Crippen LogP contribution in [0.1, 0.15) is 34.3 Å². The Morgan fingerprint density at radius 2 is 2.03 bits per heavy atom. The van der Waals surface area contributed by atoms with E-state index in [0.29, 0.717) is 29.7 Å². The highest BCUT2D eigenvalue weighted by atomic mass is 16.5. The maximum absolute atomic E-state index is 12.2. The topological polar surface area (TPSA) is 123 Å². The van der Waals surface area contributed by atoms with Crippen LogP contribution in [0, 0.1) is 13.8 Å². The van der Waals surface area contributed by atoms with E-state index in [1.165, 1.54) is 0 Å². The number of phenols is 1. The molecular weight excluding hydrogens is 404 g/mol. The van der Waals surface area contributed by atoms with E-state index in [9.17, 15) is 9.90 Å². The number of aryl methyl sites for hydroxylation is 1. The number of rotatable bonds is 6. The monoisotopic (exact) mass is 432 g/mol. The number of nitrogen functional groups attached to an aromatic ring is 1. The minimum absolute atomic E-state index is 0.163. The summed E-state index contributed by atoms with van der Waals surface area (Å²) >= 11 is 0. The van der Waals surface area contributed by atoms with Crippen LogP contribution in [0.25, 0.3) is 22.3 Å². The molecule has 4 rings (SSSR count). The summed E-state index contributed by atoms with van der Waals surface area (Å²) in [6.45, 7) is 5.33. The molecule has 0 spiro atoms. The van der Waals surface area contributed by atoms with Crippen LogP contribution in [-0.4, -0.2) is 35.2 Å². The summed E-state index contributed by atoms with van der Waals surface area (Å²) in [5.41, 5.74) is 17.2. The molecule has 0 bridgehead atoms. The molecule has 0 aliphatic carbocycles. The van der Waals surface area contributed by atoms with Gasteiger partial charge in [-0.15, -0.1) is 0 Å². The van der Waals surface area contributed by atoms with Gasteiger partial charge < -0.3 is 26.6 Å². The molecule has 2 heterocycles. The van der Waals surface area contributed by atoms with Crippen molar-refractivity contribution < 1.29 is 14.6 Å². The molecule has 1 saturated heterocycles. The first kappa shape index (κ1) is 21.6. The number of amides is 1. The van der Waals surface area contributed by atoms with E-state index in [0.717, 1.165) is 41.6 Å². The Kier molecular flexibility index (Phi) is 6.01. The van der Waals surface area contributed by atoms with Gasteiger partial charge in [0.25, 0.3) is 5.91 Å². The van der Waals surface area contributed by atoms with Crippen LogP contribution in [0.5, 0.6) is 11.6 Å². The zero-order valence-corrected chi connectivity index (χ0v) is 18.3. The molecule has 1 aromatic heterocycles. The molecule has 1 aliphatic rings. The van der Waals surface area contributed by atoms with Gasteiger partial charge in [-0.1, -0.05) is 6.07 Å². The maximum atomic E-state index is 12.2. The zero-order valence-electron chi connectivity index (χ0n) is 18.3. The fourth-order valence-corrected chi connectivity index (χ4v) is 4.23. The van der Waals surface area contributed by atoms with Crippen molar-refractivity contribution in [2.24, 2.45) is 5.73 Å². The molecule has 7 nitrogen and oxygen atoms in total. The molecular formula is C25H28N4O3. The molecule has 0 radical (unpaired) electrons. The van der Waals surface area contributed by atoms with E-state index in [1.807, 2.05) is 38.1 Å². The first-order chi connectivity index (χ1) is 15.3. The lowest BCUT2D eigenvalue weighted by Crippen LogP contribution is -2.28. The van der Waals surface area contributed by atoms with Gasteiger partial charge in [-0.3, -0.25) is 4.79 Å². The Morgan fingerprint density at radius 1 is 1.22 bits per heavy atom. The number of anilines is 1. The van der Waals surface area contributed by atoms with Crippen molar-refractivity contribution in [1.29, 1.82) is 0 Å². The number of nitrogens with two attached hydrogens (primary N) is 2. The molecule has 1 amide bonds. The van der Waals surface area contributed by atoms with Crippen molar-refractivity contribution in [3.63, 3.8) is 0 Å². The third-order valence-corrected chi connectivity index (χ3v) is 6.02. The number of carbonyl (C=O) groups is 1. The largest absolute Gasteiger partial charge is 0.508 e. The number of benzene rings is 2. The number of nitrogens with one attached hydrogen (secondary N) is 1. The van der Waals surface area contributed by atoms with E-state index in [1.54, 1.807) is 18.3 Å². The van der Waals surface area contributed by atoms with Crippen molar-refractivity contribution in [2.45, 2.75) is 32.7 Å². The fourth-order valence-electron chi connectivity index (χ4n) is 4.23. The predicted octanol–water partition coefficient (Wildman–Crippen LogP) is 3.55. The summed E-state index contributed by atoms with van der Waals surface area (Å²) in [7, 11) is 0. The van der Waals surface area contributed by atoms with Gasteiger partial charge in [0, 0.05) is 23.9 Å². The predicted molar refractivity (Wildman–Crippen MR) is 126 cm³/mol. The van der Waals surface area contributed by atoms with E-state index >= 15 is 0 Å². The number of hydrogen-bond donors (Lipinski definition) is 4. The molecule has 1 fully saturated rings. The van der Waals surface area contributed by atoms with Crippen LogP contribution in [0.2, 0.25) is 0 Å². The van der Waals surface area contributed by atoms with Gasteiger partial charge in [-0.25, -0.2) is 4.98 Å². The Labute approximate surface area is 187 Å². The van der Waals surface area contributed by atoms with E-state index in [4.69, 9.17) is 16.2 Å². The van der Waals surface area contributed by atoms with Crippen molar-refractivity contribution in [1.82, 2.24) is 10.3 Å². The number of pyridine rings is 1. The number of aromatic hydroxyl groups is 1. The van der Waals surface area contributed by atoms with E-state index in [2.05, 4.69) is 10.3 Å². The second kappa shape index (κ2) is 8.88. The molecule has 0 saturated carbocycles. The Balaban J connectivity index is 1.78. The summed E-state index contributed by atoms with van der Waals surface area (Å²) in [6, 6.07) is 11.1. The quantitative estimate of drug-likeness (QED) is 0.442. The number of ether oxygens (including phenoxy) is 1. The molecule has 1 aliphatic heterocycles. The fraction of sp³-hybridized carbons (Fsp3) is 0.280. The van der Waals surface area contributed by atoms with Gasteiger partial charge in [0.05, 0.1) is 11.3 Å².